The highest BCUT2D eigenvalue weighted by Crippen LogP contribution is 2.23. The maximum Gasteiger partial charge on any atom is 0.0947 e. The molecule has 3 nitrogen and oxygen atoms in total. The van der Waals surface area contributed by atoms with Crippen LogP contribution < -0.4 is 5.73 Å². The molecule has 0 aromatic carbocycles. The molecular weight excluding hydrogens is 174 g/mol. The van der Waals surface area contributed by atoms with Crippen LogP contribution in [0.5, 0.6) is 0 Å². The highest BCUT2D eigenvalue weighted by Gasteiger charge is 2.22. The minimum absolute atomic E-state index is 0.204. The Labute approximate surface area is 87.2 Å². The average Bonchev–Trinajstić information content (AvgIpc) is 2.66. The van der Waals surface area contributed by atoms with Crippen molar-refractivity contribution in [3.63, 3.8) is 0 Å². The SMILES string of the molecule is CCN(CC(C)C(=N)N)C1CCCC1. The monoisotopic (exact) mass is 197 g/mol. The van der Waals surface area contributed by atoms with Crippen LogP contribution in [0.25, 0.3) is 0 Å². The Bertz CT molecular complexity index is 185. The van der Waals surface area contributed by atoms with Crippen LogP contribution in [0.4, 0.5) is 0 Å². The van der Waals surface area contributed by atoms with Gasteiger partial charge in [0.15, 0.2) is 0 Å². The summed E-state index contributed by atoms with van der Waals surface area (Å²) in [7, 11) is 0. The van der Waals surface area contributed by atoms with Gasteiger partial charge in [0, 0.05) is 18.5 Å². The van der Waals surface area contributed by atoms with Crippen LogP contribution in [-0.4, -0.2) is 29.9 Å². The van der Waals surface area contributed by atoms with Crippen LogP contribution in [0.1, 0.15) is 39.5 Å². The van der Waals surface area contributed by atoms with E-state index in [1.54, 1.807) is 0 Å². The number of hydrogen-bond acceptors (Lipinski definition) is 2. The molecule has 0 aliphatic heterocycles. The zero-order chi connectivity index (χ0) is 10.6. The maximum absolute atomic E-state index is 7.39. The van der Waals surface area contributed by atoms with Crippen molar-refractivity contribution in [1.29, 1.82) is 5.41 Å². The topological polar surface area (TPSA) is 53.1 Å². The van der Waals surface area contributed by atoms with Crippen molar-refractivity contribution >= 4 is 5.84 Å². The maximum atomic E-state index is 7.39. The van der Waals surface area contributed by atoms with E-state index < -0.39 is 0 Å². The van der Waals surface area contributed by atoms with Gasteiger partial charge in [-0.05, 0) is 19.4 Å². The van der Waals surface area contributed by atoms with Crippen molar-refractivity contribution < 1.29 is 0 Å². The van der Waals surface area contributed by atoms with Gasteiger partial charge in [-0.1, -0.05) is 26.7 Å². The first kappa shape index (κ1) is 11.5. The summed E-state index contributed by atoms with van der Waals surface area (Å²) in [5.41, 5.74) is 5.49. The Balaban J connectivity index is 2.41. The Morgan fingerprint density at radius 3 is 2.50 bits per heavy atom. The van der Waals surface area contributed by atoms with Gasteiger partial charge < -0.3 is 5.73 Å². The van der Waals surface area contributed by atoms with E-state index in [0.29, 0.717) is 5.84 Å². The second-order valence-electron chi connectivity index (χ2n) is 4.38. The van der Waals surface area contributed by atoms with Gasteiger partial charge in [-0.3, -0.25) is 10.3 Å². The van der Waals surface area contributed by atoms with E-state index in [1.807, 2.05) is 6.92 Å². The van der Waals surface area contributed by atoms with Gasteiger partial charge in [-0.25, -0.2) is 0 Å². The van der Waals surface area contributed by atoms with Gasteiger partial charge in [0.1, 0.15) is 0 Å². The Hall–Kier alpha value is -0.570. The number of rotatable bonds is 5. The predicted octanol–water partition coefficient (Wildman–Crippen LogP) is 1.82. The summed E-state index contributed by atoms with van der Waals surface area (Å²) < 4.78 is 0. The molecule has 14 heavy (non-hydrogen) atoms. The molecule has 0 saturated heterocycles. The minimum atomic E-state index is 0.204. The fourth-order valence-corrected chi connectivity index (χ4v) is 2.26. The molecule has 0 spiro atoms. The molecule has 1 aliphatic carbocycles. The number of hydrogen-bond donors (Lipinski definition) is 2. The predicted molar refractivity (Wildman–Crippen MR) is 60.6 cm³/mol. The van der Waals surface area contributed by atoms with E-state index in [9.17, 15) is 0 Å². The van der Waals surface area contributed by atoms with E-state index in [1.165, 1.54) is 25.7 Å². The highest BCUT2D eigenvalue weighted by molar-refractivity contribution is 5.79. The summed E-state index contributed by atoms with van der Waals surface area (Å²) in [5.74, 6) is 0.525. The van der Waals surface area contributed by atoms with E-state index in [4.69, 9.17) is 11.1 Å². The summed E-state index contributed by atoms with van der Waals surface area (Å²) in [5, 5.41) is 7.39. The first-order valence-electron chi connectivity index (χ1n) is 5.73. The van der Waals surface area contributed by atoms with Crippen molar-refractivity contribution in [2.45, 2.75) is 45.6 Å². The summed E-state index contributed by atoms with van der Waals surface area (Å²) in [6.45, 7) is 6.28. The van der Waals surface area contributed by atoms with Crippen molar-refractivity contribution in [3.8, 4) is 0 Å². The summed E-state index contributed by atoms with van der Waals surface area (Å²) in [4.78, 5) is 2.49. The van der Waals surface area contributed by atoms with Gasteiger partial charge in [-0.15, -0.1) is 0 Å². The third-order valence-corrected chi connectivity index (χ3v) is 3.29. The normalized spacial score (nSPS) is 20.2. The van der Waals surface area contributed by atoms with E-state index in [-0.39, 0.29) is 5.92 Å². The van der Waals surface area contributed by atoms with Gasteiger partial charge in [0.2, 0.25) is 0 Å². The fourth-order valence-electron chi connectivity index (χ4n) is 2.26. The van der Waals surface area contributed by atoms with Gasteiger partial charge >= 0.3 is 0 Å². The number of nitrogens with one attached hydrogen (secondary N) is 1. The Kier molecular flexibility index (Phi) is 4.39. The van der Waals surface area contributed by atoms with Crippen molar-refractivity contribution in [1.82, 2.24) is 4.90 Å². The number of nitrogens with zero attached hydrogens (tertiary/aromatic N) is 1. The molecular formula is C11H23N3. The van der Waals surface area contributed by atoms with E-state index in [2.05, 4.69) is 11.8 Å². The van der Waals surface area contributed by atoms with Crippen molar-refractivity contribution in [2.75, 3.05) is 13.1 Å². The van der Waals surface area contributed by atoms with Gasteiger partial charge in [-0.2, -0.15) is 0 Å². The molecule has 1 rings (SSSR count). The van der Waals surface area contributed by atoms with Crippen LogP contribution >= 0.6 is 0 Å². The minimum Gasteiger partial charge on any atom is -0.387 e. The lowest BCUT2D eigenvalue weighted by atomic mass is 10.1. The number of amidine groups is 1. The van der Waals surface area contributed by atoms with Crippen LogP contribution in [-0.2, 0) is 0 Å². The molecule has 82 valence electrons. The van der Waals surface area contributed by atoms with Crippen molar-refractivity contribution in [3.05, 3.63) is 0 Å². The van der Waals surface area contributed by atoms with Gasteiger partial charge in [0.05, 0.1) is 5.84 Å². The average molecular weight is 197 g/mol. The second kappa shape index (κ2) is 5.35. The first-order chi connectivity index (χ1) is 6.65. The summed E-state index contributed by atoms with van der Waals surface area (Å²) in [6, 6.07) is 0.752. The van der Waals surface area contributed by atoms with Crippen LogP contribution in [0.2, 0.25) is 0 Å². The standard InChI is InChI=1S/C11H23N3/c1-3-14(8-9(2)11(12)13)10-6-4-5-7-10/h9-10H,3-8H2,1-2H3,(H3,12,13). The summed E-state index contributed by atoms with van der Waals surface area (Å²) >= 11 is 0. The molecule has 1 unspecified atom stereocenters. The van der Waals surface area contributed by atoms with Crippen LogP contribution in [0.15, 0.2) is 0 Å². The quantitative estimate of drug-likeness (QED) is 0.522. The molecule has 0 amide bonds. The molecule has 0 aromatic rings. The zero-order valence-electron chi connectivity index (χ0n) is 9.42. The largest absolute Gasteiger partial charge is 0.387 e. The lowest BCUT2D eigenvalue weighted by molar-refractivity contribution is 0.197. The molecule has 0 aromatic heterocycles. The molecule has 0 heterocycles. The zero-order valence-corrected chi connectivity index (χ0v) is 9.42. The molecule has 1 fully saturated rings. The molecule has 0 radical (unpaired) electrons. The molecule has 1 aliphatic rings. The third kappa shape index (κ3) is 2.98. The summed E-state index contributed by atoms with van der Waals surface area (Å²) in [6.07, 6.45) is 5.40. The Morgan fingerprint density at radius 1 is 1.50 bits per heavy atom. The fraction of sp³-hybridized carbons (Fsp3) is 0.909. The first-order valence-corrected chi connectivity index (χ1v) is 5.73. The lowest BCUT2D eigenvalue weighted by Gasteiger charge is -2.29. The molecule has 0 bridgehead atoms. The third-order valence-electron chi connectivity index (χ3n) is 3.29. The second-order valence-corrected chi connectivity index (χ2v) is 4.38. The molecule has 3 heteroatoms. The van der Waals surface area contributed by atoms with Crippen LogP contribution in [0.3, 0.4) is 0 Å². The molecule has 1 atom stereocenters. The van der Waals surface area contributed by atoms with Gasteiger partial charge in [0.25, 0.3) is 0 Å². The smallest absolute Gasteiger partial charge is 0.0947 e. The van der Waals surface area contributed by atoms with Crippen LogP contribution in [0, 0.1) is 11.3 Å². The Morgan fingerprint density at radius 2 is 2.07 bits per heavy atom. The molecule has 1 saturated carbocycles. The van der Waals surface area contributed by atoms with Crippen molar-refractivity contribution in [2.24, 2.45) is 11.7 Å². The van der Waals surface area contributed by atoms with E-state index in [0.717, 1.165) is 19.1 Å². The number of nitrogens with two attached hydrogens (primary N) is 1. The highest BCUT2D eigenvalue weighted by atomic mass is 15.2. The molecule has 3 N–H and O–H groups in total. The lowest BCUT2D eigenvalue weighted by Crippen LogP contribution is -2.39. The van der Waals surface area contributed by atoms with E-state index >= 15 is 0 Å².